The molecular formula is C18H26N4O. The van der Waals surface area contributed by atoms with Gasteiger partial charge in [-0.3, -0.25) is 4.79 Å². The van der Waals surface area contributed by atoms with Gasteiger partial charge in [0.05, 0.1) is 11.0 Å². The van der Waals surface area contributed by atoms with Crippen molar-refractivity contribution >= 4 is 16.9 Å². The van der Waals surface area contributed by atoms with E-state index < -0.39 is 0 Å². The summed E-state index contributed by atoms with van der Waals surface area (Å²) in [6, 6.07) is 6.26. The molecule has 1 aromatic heterocycles. The van der Waals surface area contributed by atoms with E-state index >= 15 is 0 Å². The van der Waals surface area contributed by atoms with Crippen LogP contribution in [0.4, 0.5) is 0 Å². The van der Waals surface area contributed by atoms with Gasteiger partial charge in [0.1, 0.15) is 5.82 Å². The molecule has 0 unspecified atom stereocenters. The highest BCUT2D eigenvalue weighted by Crippen LogP contribution is 2.20. The number of aromatic nitrogens is 2. The fourth-order valence-corrected chi connectivity index (χ4v) is 3.39. The molecule has 5 heteroatoms. The lowest BCUT2D eigenvalue weighted by atomic mass is 9.92. The zero-order valence-electron chi connectivity index (χ0n) is 14.0. The fourth-order valence-electron chi connectivity index (χ4n) is 3.39. The maximum absolute atomic E-state index is 12.5. The summed E-state index contributed by atoms with van der Waals surface area (Å²) in [5, 5.41) is 0. The van der Waals surface area contributed by atoms with Gasteiger partial charge < -0.3 is 15.6 Å². The van der Waals surface area contributed by atoms with Gasteiger partial charge in [-0.1, -0.05) is 12.1 Å². The Labute approximate surface area is 137 Å². The second-order valence-electron chi connectivity index (χ2n) is 6.76. The molecule has 2 heterocycles. The number of nitrogens with zero attached hydrogens (tertiary/aromatic N) is 2. The Bertz CT molecular complexity index is 691. The molecule has 1 amide bonds. The van der Waals surface area contributed by atoms with E-state index in [1.807, 2.05) is 24.0 Å². The number of para-hydroxylation sites is 1. The van der Waals surface area contributed by atoms with Gasteiger partial charge in [-0.25, -0.2) is 4.98 Å². The van der Waals surface area contributed by atoms with Crippen molar-refractivity contribution in [1.29, 1.82) is 0 Å². The number of piperidine rings is 1. The number of aromatic amines is 1. The first-order valence-electron chi connectivity index (χ1n) is 8.52. The Kier molecular flexibility index (Phi) is 4.66. The van der Waals surface area contributed by atoms with Crippen molar-refractivity contribution in [1.82, 2.24) is 14.9 Å². The molecule has 2 atom stereocenters. The molecule has 3 rings (SSSR count). The second kappa shape index (κ2) is 6.71. The van der Waals surface area contributed by atoms with Crippen LogP contribution in [0.15, 0.2) is 18.2 Å². The smallest absolute Gasteiger partial charge is 0.223 e. The first-order valence-corrected chi connectivity index (χ1v) is 8.52. The van der Waals surface area contributed by atoms with Crippen molar-refractivity contribution in [3.8, 4) is 0 Å². The molecule has 0 spiro atoms. The van der Waals surface area contributed by atoms with Crippen LogP contribution < -0.4 is 5.73 Å². The third-order valence-electron chi connectivity index (χ3n) is 4.89. The highest BCUT2D eigenvalue weighted by molar-refractivity contribution is 5.79. The highest BCUT2D eigenvalue weighted by atomic mass is 16.2. The van der Waals surface area contributed by atoms with Gasteiger partial charge in [-0.05, 0) is 44.2 Å². The summed E-state index contributed by atoms with van der Waals surface area (Å²) in [6.45, 7) is 5.76. The van der Waals surface area contributed by atoms with Crippen molar-refractivity contribution in [3.05, 3.63) is 29.6 Å². The van der Waals surface area contributed by atoms with E-state index in [1.54, 1.807) is 0 Å². The van der Waals surface area contributed by atoms with Crippen LogP contribution in [0, 0.1) is 12.8 Å². The summed E-state index contributed by atoms with van der Waals surface area (Å²) in [6.07, 6.45) is 3.35. The minimum absolute atomic E-state index is 0.156. The van der Waals surface area contributed by atoms with E-state index in [1.165, 1.54) is 0 Å². The predicted molar refractivity (Wildman–Crippen MR) is 92.1 cm³/mol. The molecule has 1 fully saturated rings. The number of nitrogens with two attached hydrogens (primary N) is 1. The highest BCUT2D eigenvalue weighted by Gasteiger charge is 2.25. The van der Waals surface area contributed by atoms with Gasteiger partial charge in [-0.15, -0.1) is 0 Å². The monoisotopic (exact) mass is 314 g/mol. The molecule has 0 bridgehead atoms. The first-order chi connectivity index (χ1) is 11.0. The maximum atomic E-state index is 12.5. The minimum atomic E-state index is 0.156. The van der Waals surface area contributed by atoms with Gasteiger partial charge in [-0.2, -0.15) is 0 Å². The van der Waals surface area contributed by atoms with Gasteiger partial charge in [0.2, 0.25) is 5.91 Å². The molecule has 1 saturated heterocycles. The SMILES string of the molecule is Cc1cccc2[nH]c(CCC(=O)N3CCC[C@H]([C@H](C)N)C3)nc12. The number of hydrogen-bond donors (Lipinski definition) is 2. The number of likely N-dealkylation sites (tertiary alicyclic amines) is 1. The number of carbonyl (C=O) groups is 1. The number of carbonyl (C=O) groups excluding carboxylic acids is 1. The maximum Gasteiger partial charge on any atom is 0.223 e. The molecule has 1 aromatic carbocycles. The van der Waals surface area contributed by atoms with Crippen LogP contribution in [0.3, 0.4) is 0 Å². The van der Waals surface area contributed by atoms with Crippen molar-refractivity contribution < 1.29 is 4.79 Å². The largest absolute Gasteiger partial charge is 0.342 e. The molecule has 23 heavy (non-hydrogen) atoms. The molecular weight excluding hydrogens is 288 g/mol. The summed E-state index contributed by atoms with van der Waals surface area (Å²) in [7, 11) is 0. The Balaban J connectivity index is 1.60. The standard InChI is InChI=1S/C18H26N4O/c1-12-5-3-7-15-18(12)21-16(20-15)8-9-17(23)22-10-4-6-14(11-22)13(2)19/h3,5,7,13-14H,4,6,8-11,19H2,1-2H3,(H,20,21)/t13-,14-/m0/s1. The summed E-state index contributed by atoms with van der Waals surface area (Å²) < 4.78 is 0. The zero-order valence-corrected chi connectivity index (χ0v) is 14.0. The van der Waals surface area contributed by atoms with Gasteiger partial charge in [0.25, 0.3) is 0 Å². The van der Waals surface area contributed by atoms with Crippen LogP contribution in [-0.4, -0.2) is 39.9 Å². The number of benzene rings is 1. The Morgan fingerprint density at radius 3 is 3.09 bits per heavy atom. The average molecular weight is 314 g/mol. The lowest BCUT2D eigenvalue weighted by Gasteiger charge is -2.34. The fraction of sp³-hybridized carbons (Fsp3) is 0.556. The zero-order chi connectivity index (χ0) is 16.4. The van der Waals surface area contributed by atoms with Crippen LogP contribution in [0.25, 0.3) is 11.0 Å². The summed E-state index contributed by atoms with van der Waals surface area (Å²) in [5.41, 5.74) is 9.21. The molecule has 0 saturated carbocycles. The van der Waals surface area contributed by atoms with Crippen LogP contribution in [0.1, 0.15) is 37.6 Å². The van der Waals surface area contributed by atoms with Gasteiger partial charge >= 0.3 is 0 Å². The van der Waals surface area contributed by atoms with Crippen molar-refractivity contribution in [2.75, 3.05) is 13.1 Å². The predicted octanol–water partition coefficient (Wildman–Crippen LogP) is 2.39. The first kappa shape index (κ1) is 16.0. The van der Waals surface area contributed by atoms with E-state index in [-0.39, 0.29) is 11.9 Å². The topological polar surface area (TPSA) is 75.0 Å². The number of aryl methyl sites for hydroxylation is 2. The Morgan fingerprint density at radius 2 is 2.35 bits per heavy atom. The van der Waals surface area contributed by atoms with Gasteiger partial charge in [0.15, 0.2) is 0 Å². The average Bonchev–Trinajstić information content (AvgIpc) is 2.97. The Morgan fingerprint density at radius 1 is 1.52 bits per heavy atom. The number of fused-ring (bicyclic) bond motifs is 1. The number of hydrogen-bond acceptors (Lipinski definition) is 3. The molecule has 5 nitrogen and oxygen atoms in total. The number of H-pyrrole nitrogens is 1. The van der Waals surface area contributed by atoms with Crippen molar-refractivity contribution in [2.24, 2.45) is 11.7 Å². The van der Waals surface area contributed by atoms with Crippen LogP contribution in [0.2, 0.25) is 0 Å². The van der Waals surface area contributed by atoms with Crippen molar-refractivity contribution in [2.45, 2.75) is 45.6 Å². The molecule has 0 radical (unpaired) electrons. The van der Waals surface area contributed by atoms with Crippen LogP contribution >= 0.6 is 0 Å². The third-order valence-corrected chi connectivity index (χ3v) is 4.89. The van der Waals surface area contributed by atoms with Gasteiger partial charge in [0, 0.05) is 32.0 Å². The van der Waals surface area contributed by atoms with E-state index in [2.05, 4.69) is 23.0 Å². The number of amides is 1. The number of imidazole rings is 1. The van der Waals surface area contributed by atoms with E-state index in [0.717, 1.165) is 48.4 Å². The van der Waals surface area contributed by atoms with E-state index in [9.17, 15) is 4.79 Å². The molecule has 1 aliphatic rings. The summed E-state index contributed by atoms with van der Waals surface area (Å²) >= 11 is 0. The third kappa shape index (κ3) is 3.55. The van der Waals surface area contributed by atoms with E-state index in [0.29, 0.717) is 18.8 Å². The minimum Gasteiger partial charge on any atom is -0.342 e. The number of nitrogens with one attached hydrogen (secondary N) is 1. The summed E-state index contributed by atoms with van der Waals surface area (Å²) in [4.78, 5) is 22.4. The lowest BCUT2D eigenvalue weighted by molar-refractivity contribution is -0.133. The molecule has 0 aliphatic carbocycles. The summed E-state index contributed by atoms with van der Waals surface area (Å²) in [5.74, 6) is 1.54. The van der Waals surface area contributed by atoms with E-state index in [4.69, 9.17) is 5.73 Å². The molecule has 124 valence electrons. The van der Waals surface area contributed by atoms with Crippen LogP contribution in [-0.2, 0) is 11.2 Å². The normalized spacial score (nSPS) is 20.0. The number of rotatable bonds is 4. The second-order valence-corrected chi connectivity index (χ2v) is 6.76. The van der Waals surface area contributed by atoms with Crippen molar-refractivity contribution in [3.63, 3.8) is 0 Å². The van der Waals surface area contributed by atoms with Crippen LogP contribution in [0.5, 0.6) is 0 Å². The molecule has 1 aliphatic heterocycles. The quantitative estimate of drug-likeness (QED) is 0.910. The molecule has 3 N–H and O–H groups in total. The lowest BCUT2D eigenvalue weighted by Crippen LogP contribution is -2.45. The molecule has 2 aromatic rings. The Hall–Kier alpha value is -1.88.